The first-order chi connectivity index (χ1) is 12.3. The molecule has 0 unspecified atom stereocenters. The number of thioether (sulfide) groups is 2. The summed E-state index contributed by atoms with van der Waals surface area (Å²) in [5.74, 6) is 1.85. The summed E-state index contributed by atoms with van der Waals surface area (Å²) in [5, 5.41) is 4.64. The summed E-state index contributed by atoms with van der Waals surface area (Å²) in [6.45, 7) is 0. The van der Waals surface area contributed by atoms with Gasteiger partial charge in [0, 0.05) is 10.8 Å². The van der Waals surface area contributed by atoms with Gasteiger partial charge in [-0.15, -0.1) is 0 Å². The minimum absolute atomic E-state index is 0.765. The molecule has 6 rings (SSSR count). The third-order valence-electron chi connectivity index (χ3n) is 4.61. The van der Waals surface area contributed by atoms with Crippen LogP contribution in [0, 0.1) is 0 Å². The molecule has 25 heavy (non-hydrogen) atoms. The molecule has 0 radical (unpaired) electrons. The topological polar surface area (TPSA) is 18.5 Å². The number of fused-ring (bicyclic) bond motifs is 6. The maximum absolute atomic E-state index is 6.40. The van der Waals surface area contributed by atoms with E-state index in [0.29, 0.717) is 0 Å². The lowest BCUT2D eigenvalue weighted by Crippen LogP contribution is -2.28. The molecule has 0 fully saturated rings. The van der Waals surface area contributed by atoms with Gasteiger partial charge in [-0.3, -0.25) is 0 Å². The van der Waals surface area contributed by atoms with E-state index in [1.807, 2.05) is 12.1 Å². The lowest BCUT2D eigenvalue weighted by atomic mass is 10.1. The number of hydrogen-bond donors (Lipinski definition) is 0. The van der Waals surface area contributed by atoms with Gasteiger partial charge in [0.25, 0.3) is 0 Å². The SMILES string of the molecule is c1ccc2c3c(ccc2c1)SC1(O3)Oc2c(ccc3ccccc23)S1. The lowest BCUT2D eigenvalue weighted by molar-refractivity contribution is 0.0665. The molecule has 2 heterocycles. The fourth-order valence-electron chi connectivity index (χ4n) is 3.46. The van der Waals surface area contributed by atoms with E-state index in [1.165, 1.54) is 10.8 Å². The van der Waals surface area contributed by atoms with Crippen molar-refractivity contribution in [3.8, 4) is 11.5 Å². The fourth-order valence-corrected chi connectivity index (χ4v) is 5.97. The zero-order valence-electron chi connectivity index (χ0n) is 13.1. The Morgan fingerprint density at radius 2 is 1.04 bits per heavy atom. The maximum atomic E-state index is 6.40. The van der Waals surface area contributed by atoms with E-state index in [2.05, 4.69) is 60.7 Å². The van der Waals surface area contributed by atoms with E-state index >= 15 is 0 Å². The Morgan fingerprint density at radius 3 is 1.56 bits per heavy atom. The molecule has 2 nitrogen and oxygen atoms in total. The quantitative estimate of drug-likeness (QED) is 0.367. The van der Waals surface area contributed by atoms with E-state index in [-0.39, 0.29) is 0 Å². The van der Waals surface area contributed by atoms with Gasteiger partial charge in [-0.05, 0) is 46.4 Å². The molecular weight excluding hydrogens is 348 g/mol. The van der Waals surface area contributed by atoms with E-state index in [9.17, 15) is 0 Å². The minimum Gasteiger partial charge on any atom is -0.433 e. The van der Waals surface area contributed by atoms with Crippen LogP contribution in [0.15, 0.2) is 82.6 Å². The number of benzene rings is 4. The molecule has 0 aliphatic carbocycles. The second-order valence-electron chi connectivity index (χ2n) is 6.14. The molecule has 1 spiro atoms. The summed E-state index contributed by atoms with van der Waals surface area (Å²) >= 11 is 3.29. The van der Waals surface area contributed by atoms with E-state index in [1.54, 1.807) is 23.5 Å². The van der Waals surface area contributed by atoms with Crippen molar-refractivity contribution in [2.45, 2.75) is 14.2 Å². The highest BCUT2D eigenvalue weighted by atomic mass is 32.2. The molecule has 2 aliphatic heterocycles. The molecule has 4 aromatic rings. The van der Waals surface area contributed by atoms with Crippen molar-refractivity contribution in [3.63, 3.8) is 0 Å². The summed E-state index contributed by atoms with van der Waals surface area (Å²) in [6, 6.07) is 25.2. The molecule has 4 heteroatoms. The summed E-state index contributed by atoms with van der Waals surface area (Å²) < 4.78 is 12.0. The van der Waals surface area contributed by atoms with Gasteiger partial charge < -0.3 is 9.47 Å². The van der Waals surface area contributed by atoms with Crippen LogP contribution < -0.4 is 9.47 Å². The second-order valence-corrected chi connectivity index (χ2v) is 8.76. The van der Waals surface area contributed by atoms with Crippen molar-refractivity contribution in [3.05, 3.63) is 72.8 Å². The summed E-state index contributed by atoms with van der Waals surface area (Å²) in [5.41, 5.74) is 0. The third kappa shape index (κ3) is 1.95. The van der Waals surface area contributed by atoms with E-state index < -0.39 is 4.45 Å². The molecule has 4 aromatic carbocycles. The zero-order valence-corrected chi connectivity index (χ0v) is 14.7. The number of ether oxygens (including phenoxy) is 2. The van der Waals surface area contributed by atoms with Crippen LogP contribution in [0.5, 0.6) is 11.5 Å². The Hall–Kier alpha value is -2.30. The molecule has 0 saturated heterocycles. The average molecular weight is 360 g/mol. The van der Waals surface area contributed by atoms with Crippen LogP contribution in [-0.4, -0.2) is 4.45 Å². The van der Waals surface area contributed by atoms with Crippen molar-refractivity contribution >= 4 is 45.1 Å². The predicted molar refractivity (Wildman–Crippen MR) is 104 cm³/mol. The smallest absolute Gasteiger partial charge is 0.363 e. The second kappa shape index (κ2) is 4.87. The normalized spacial score (nSPS) is 16.6. The number of hydrogen-bond acceptors (Lipinski definition) is 4. The van der Waals surface area contributed by atoms with Crippen LogP contribution >= 0.6 is 23.5 Å². The van der Waals surface area contributed by atoms with Gasteiger partial charge in [-0.25, -0.2) is 0 Å². The van der Waals surface area contributed by atoms with Crippen LogP contribution in [0.4, 0.5) is 0 Å². The van der Waals surface area contributed by atoms with E-state index in [4.69, 9.17) is 9.47 Å². The Bertz CT molecular complexity index is 1080. The van der Waals surface area contributed by atoms with Crippen molar-refractivity contribution in [2.24, 2.45) is 0 Å². The van der Waals surface area contributed by atoms with Gasteiger partial charge in [0.1, 0.15) is 11.5 Å². The largest absolute Gasteiger partial charge is 0.433 e. The molecule has 0 bridgehead atoms. The van der Waals surface area contributed by atoms with Crippen molar-refractivity contribution in [1.82, 2.24) is 0 Å². The van der Waals surface area contributed by atoms with Gasteiger partial charge in [0.2, 0.25) is 0 Å². The van der Waals surface area contributed by atoms with Crippen molar-refractivity contribution in [2.75, 3.05) is 0 Å². The fraction of sp³-hybridized carbons (Fsp3) is 0.0476. The Labute approximate surface area is 153 Å². The first-order valence-electron chi connectivity index (χ1n) is 8.11. The van der Waals surface area contributed by atoms with Crippen LogP contribution in [-0.2, 0) is 0 Å². The summed E-state index contributed by atoms with van der Waals surface area (Å²) in [7, 11) is 0. The van der Waals surface area contributed by atoms with Crippen molar-refractivity contribution < 1.29 is 9.47 Å². The molecule has 0 atom stereocenters. The van der Waals surface area contributed by atoms with Gasteiger partial charge in [-0.1, -0.05) is 60.7 Å². The number of rotatable bonds is 0. The zero-order chi connectivity index (χ0) is 16.4. The molecule has 0 N–H and O–H groups in total. The molecule has 120 valence electrons. The van der Waals surface area contributed by atoms with Crippen molar-refractivity contribution in [1.29, 1.82) is 0 Å². The van der Waals surface area contributed by atoms with Gasteiger partial charge >= 0.3 is 4.45 Å². The summed E-state index contributed by atoms with van der Waals surface area (Å²) in [6.07, 6.45) is 0. The highest BCUT2D eigenvalue weighted by Gasteiger charge is 2.50. The van der Waals surface area contributed by atoms with Gasteiger partial charge in [0.05, 0.1) is 9.79 Å². The molecule has 0 saturated carbocycles. The average Bonchev–Trinajstić information content (AvgIpc) is 3.21. The summed E-state index contributed by atoms with van der Waals surface area (Å²) in [4.78, 5) is 2.26. The minimum atomic E-state index is -0.765. The van der Waals surface area contributed by atoms with Crippen LogP contribution in [0.2, 0.25) is 0 Å². The molecule has 0 aromatic heterocycles. The first-order valence-corrected chi connectivity index (χ1v) is 9.74. The predicted octanol–water partition coefficient (Wildman–Crippen LogP) is 6.27. The third-order valence-corrected chi connectivity index (χ3v) is 7.03. The lowest BCUT2D eigenvalue weighted by Gasteiger charge is -2.20. The van der Waals surface area contributed by atoms with Crippen LogP contribution in [0.25, 0.3) is 21.5 Å². The van der Waals surface area contributed by atoms with Crippen LogP contribution in [0.1, 0.15) is 0 Å². The molecule has 0 amide bonds. The standard InChI is InChI=1S/C21H12O2S2/c1-3-7-15-13(5-1)9-11-17-19(15)22-21(24-17)23-20-16-8-4-2-6-14(16)10-12-18(20)25-21/h1-12H. The molecule has 2 aliphatic rings. The highest BCUT2D eigenvalue weighted by Crippen LogP contribution is 2.62. The van der Waals surface area contributed by atoms with Crippen LogP contribution in [0.3, 0.4) is 0 Å². The highest BCUT2D eigenvalue weighted by molar-refractivity contribution is 8.18. The monoisotopic (exact) mass is 360 g/mol. The maximum Gasteiger partial charge on any atom is 0.363 e. The van der Waals surface area contributed by atoms with Gasteiger partial charge in [0.15, 0.2) is 0 Å². The molecular formula is C21H12O2S2. The Kier molecular flexibility index (Phi) is 2.71. The Balaban J connectivity index is 1.48. The first kappa shape index (κ1) is 13.9. The van der Waals surface area contributed by atoms with Gasteiger partial charge in [-0.2, -0.15) is 0 Å². The van der Waals surface area contributed by atoms with E-state index in [0.717, 1.165) is 32.1 Å². The Morgan fingerprint density at radius 1 is 0.560 bits per heavy atom.